The van der Waals surface area contributed by atoms with E-state index < -0.39 is 0 Å². The third-order valence-corrected chi connectivity index (χ3v) is 4.93. The Labute approximate surface area is 130 Å². The summed E-state index contributed by atoms with van der Waals surface area (Å²) in [6, 6.07) is 0. The van der Waals surface area contributed by atoms with Crippen molar-refractivity contribution >= 4 is 0 Å². The van der Waals surface area contributed by atoms with Crippen LogP contribution in [0.3, 0.4) is 0 Å². The largest absolute Gasteiger partial charge is 0.0654 e. The van der Waals surface area contributed by atoms with E-state index in [1.807, 2.05) is 0 Å². The zero-order valence-electron chi connectivity index (χ0n) is 16.2. The Balaban J connectivity index is 5.29. The van der Waals surface area contributed by atoms with Crippen LogP contribution in [0.2, 0.25) is 0 Å². The maximum atomic E-state index is 2.56. The van der Waals surface area contributed by atoms with E-state index in [-0.39, 0.29) is 0 Å². The molecule has 0 rings (SSSR count). The van der Waals surface area contributed by atoms with Crippen LogP contribution in [0.4, 0.5) is 0 Å². The van der Waals surface area contributed by atoms with E-state index in [0.717, 1.165) is 11.8 Å². The predicted molar refractivity (Wildman–Crippen MR) is 94.1 cm³/mol. The van der Waals surface area contributed by atoms with Crippen molar-refractivity contribution in [1.29, 1.82) is 0 Å². The summed E-state index contributed by atoms with van der Waals surface area (Å²) in [6.07, 6.45) is 6.80. The molecule has 2 atom stereocenters. The number of unbranched alkanes of at least 4 members (excludes halogenated alkanes) is 1. The van der Waals surface area contributed by atoms with Crippen molar-refractivity contribution < 1.29 is 0 Å². The fraction of sp³-hybridized carbons (Fsp3) is 1.00. The molecule has 0 aromatic heterocycles. The summed E-state index contributed by atoms with van der Waals surface area (Å²) in [5.41, 5.74) is 1.31. The van der Waals surface area contributed by atoms with Gasteiger partial charge in [-0.3, -0.25) is 0 Å². The molecule has 0 saturated heterocycles. The molecular formula is C20H42. The average Bonchev–Trinajstić information content (AvgIpc) is 2.19. The Hall–Kier alpha value is 0. The average molecular weight is 283 g/mol. The highest BCUT2D eigenvalue weighted by Gasteiger charge is 2.40. The van der Waals surface area contributed by atoms with E-state index in [1.165, 1.54) is 32.1 Å². The molecule has 0 bridgehead atoms. The van der Waals surface area contributed by atoms with Gasteiger partial charge in [0.25, 0.3) is 0 Å². The maximum Gasteiger partial charge on any atom is -0.0269 e. The molecule has 0 radical (unpaired) electrons. The Morgan fingerprint density at radius 3 is 1.60 bits per heavy atom. The van der Waals surface area contributed by atoms with Gasteiger partial charge in [-0.05, 0) is 47.3 Å². The fourth-order valence-electron chi connectivity index (χ4n) is 3.82. The van der Waals surface area contributed by atoms with Gasteiger partial charge < -0.3 is 0 Å². The lowest BCUT2D eigenvalue weighted by atomic mass is 9.58. The lowest BCUT2D eigenvalue weighted by Gasteiger charge is -2.47. The van der Waals surface area contributed by atoms with Crippen LogP contribution in [0.1, 0.15) is 101 Å². The van der Waals surface area contributed by atoms with Gasteiger partial charge in [0.15, 0.2) is 0 Å². The molecule has 0 aliphatic rings. The van der Waals surface area contributed by atoms with Crippen LogP contribution in [-0.4, -0.2) is 0 Å². The van der Waals surface area contributed by atoms with Gasteiger partial charge in [0, 0.05) is 0 Å². The second-order valence-electron chi connectivity index (χ2n) is 10.0. The van der Waals surface area contributed by atoms with E-state index in [2.05, 4.69) is 69.2 Å². The third-order valence-electron chi connectivity index (χ3n) is 4.93. The second kappa shape index (κ2) is 7.32. The predicted octanol–water partition coefficient (Wildman–Crippen LogP) is 7.33. The van der Waals surface area contributed by atoms with Crippen molar-refractivity contribution in [3.63, 3.8) is 0 Å². The van der Waals surface area contributed by atoms with Gasteiger partial charge in [-0.1, -0.05) is 82.1 Å². The molecular weight excluding hydrogens is 240 g/mol. The Kier molecular flexibility index (Phi) is 7.32. The highest BCUT2D eigenvalue weighted by atomic mass is 14.5. The number of hydrogen-bond acceptors (Lipinski definition) is 0. The zero-order valence-corrected chi connectivity index (χ0v) is 16.2. The van der Waals surface area contributed by atoms with Crippen LogP contribution in [0, 0.1) is 28.1 Å². The minimum atomic E-state index is 0.418. The van der Waals surface area contributed by atoms with Gasteiger partial charge in [-0.25, -0.2) is 0 Å². The number of hydrogen-bond donors (Lipinski definition) is 0. The fourth-order valence-corrected chi connectivity index (χ4v) is 3.82. The lowest BCUT2D eigenvalue weighted by molar-refractivity contribution is 0.0259. The first-order chi connectivity index (χ1) is 8.82. The molecule has 0 saturated carbocycles. The first-order valence-electron chi connectivity index (χ1n) is 8.82. The molecule has 0 N–H and O–H groups in total. The van der Waals surface area contributed by atoms with Crippen LogP contribution in [-0.2, 0) is 0 Å². The van der Waals surface area contributed by atoms with E-state index in [9.17, 15) is 0 Å². The first kappa shape index (κ1) is 20.0. The van der Waals surface area contributed by atoms with Crippen molar-refractivity contribution in [1.82, 2.24) is 0 Å². The molecule has 20 heavy (non-hydrogen) atoms. The van der Waals surface area contributed by atoms with E-state index in [1.54, 1.807) is 0 Å². The van der Waals surface area contributed by atoms with Gasteiger partial charge in [0.05, 0.1) is 0 Å². The Bertz CT molecular complexity index is 261. The zero-order chi connectivity index (χ0) is 16.2. The topological polar surface area (TPSA) is 0 Å². The molecule has 0 amide bonds. The van der Waals surface area contributed by atoms with Gasteiger partial charge in [0.1, 0.15) is 0 Å². The molecule has 0 nitrogen and oxygen atoms in total. The highest BCUT2D eigenvalue weighted by molar-refractivity contribution is 4.90. The van der Waals surface area contributed by atoms with Crippen LogP contribution in [0.5, 0.6) is 0 Å². The molecule has 122 valence electrons. The van der Waals surface area contributed by atoms with Crippen LogP contribution >= 0.6 is 0 Å². The monoisotopic (exact) mass is 282 g/mol. The third kappa shape index (κ3) is 7.14. The maximum absolute atomic E-state index is 2.56. The van der Waals surface area contributed by atoms with E-state index in [0.29, 0.717) is 16.2 Å². The molecule has 0 heteroatoms. The molecule has 0 aromatic carbocycles. The van der Waals surface area contributed by atoms with Crippen molar-refractivity contribution in [2.45, 2.75) is 101 Å². The molecule has 0 aromatic rings. The summed E-state index contributed by atoms with van der Waals surface area (Å²) < 4.78 is 0. The lowest BCUT2D eigenvalue weighted by Crippen LogP contribution is -2.38. The normalized spacial score (nSPS) is 18.1. The quantitative estimate of drug-likeness (QED) is 0.458. The Morgan fingerprint density at radius 2 is 1.30 bits per heavy atom. The van der Waals surface area contributed by atoms with Gasteiger partial charge in [0.2, 0.25) is 0 Å². The molecule has 2 unspecified atom stereocenters. The van der Waals surface area contributed by atoms with Crippen LogP contribution < -0.4 is 0 Å². The number of rotatable bonds is 7. The molecule has 0 aliphatic heterocycles. The smallest absolute Gasteiger partial charge is 0.0269 e. The van der Waals surface area contributed by atoms with Crippen LogP contribution in [0.15, 0.2) is 0 Å². The Morgan fingerprint density at radius 1 is 0.800 bits per heavy atom. The standard InChI is InChI=1S/C20H42/c1-11-12-13-17(14-18(4,5)6)20(10,16(2)3)15-19(7,8)9/h16-17H,11-15H2,1-10H3. The summed E-state index contributed by atoms with van der Waals surface area (Å²) in [7, 11) is 0. The molecule has 0 fully saturated rings. The van der Waals surface area contributed by atoms with Crippen molar-refractivity contribution in [3.8, 4) is 0 Å². The van der Waals surface area contributed by atoms with Gasteiger partial charge >= 0.3 is 0 Å². The van der Waals surface area contributed by atoms with Crippen molar-refractivity contribution in [3.05, 3.63) is 0 Å². The summed E-state index contributed by atoms with van der Waals surface area (Å²) in [4.78, 5) is 0. The summed E-state index contributed by atoms with van der Waals surface area (Å²) in [5.74, 6) is 1.60. The van der Waals surface area contributed by atoms with Crippen molar-refractivity contribution in [2.75, 3.05) is 0 Å². The summed E-state index contributed by atoms with van der Waals surface area (Å²) >= 11 is 0. The van der Waals surface area contributed by atoms with Gasteiger partial charge in [-0.15, -0.1) is 0 Å². The first-order valence-corrected chi connectivity index (χ1v) is 8.82. The minimum Gasteiger partial charge on any atom is -0.0654 e. The van der Waals surface area contributed by atoms with E-state index >= 15 is 0 Å². The highest BCUT2D eigenvalue weighted by Crippen LogP contribution is 2.50. The minimum absolute atomic E-state index is 0.418. The summed E-state index contributed by atoms with van der Waals surface area (Å²) in [5, 5.41) is 0. The van der Waals surface area contributed by atoms with Crippen LogP contribution in [0.25, 0.3) is 0 Å². The van der Waals surface area contributed by atoms with Gasteiger partial charge in [-0.2, -0.15) is 0 Å². The summed E-state index contributed by atoms with van der Waals surface area (Å²) in [6.45, 7) is 24.2. The molecule has 0 spiro atoms. The molecule has 0 aliphatic carbocycles. The second-order valence-corrected chi connectivity index (χ2v) is 10.0. The van der Waals surface area contributed by atoms with E-state index in [4.69, 9.17) is 0 Å². The SMILES string of the molecule is CCCCC(CC(C)(C)C)C(C)(CC(C)(C)C)C(C)C. The molecule has 0 heterocycles. The van der Waals surface area contributed by atoms with Crippen molar-refractivity contribution in [2.24, 2.45) is 28.1 Å².